The maximum absolute atomic E-state index is 13.0. The average Bonchev–Trinajstić information content (AvgIpc) is 3.32. The molecule has 4 aromatic rings. The Hall–Kier alpha value is -4.15. The number of carbonyl (C=O) groups excluding carboxylic acids is 2. The average molecular weight is 523 g/mol. The second kappa shape index (κ2) is 10.6. The van der Waals surface area contributed by atoms with Gasteiger partial charge in [-0.25, -0.2) is 13.2 Å². The molecule has 1 heterocycles. The van der Waals surface area contributed by atoms with E-state index in [1.165, 1.54) is 49.8 Å². The number of hydrogen-bond acceptors (Lipinski definition) is 7. The van der Waals surface area contributed by atoms with E-state index in [0.29, 0.717) is 11.4 Å². The predicted molar refractivity (Wildman–Crippen MR) is 139 cm³/mol. The Balaban J connectivity index is 1.57. The van der Waals surface area contributed by atoms with Crippen LogP contribution in [0, 0.1) is 0 Å². The monoisotopic (exact) mass is 522 g/mol. The van der Waals surface area contributed by atoms with E-state index in [2.05, 4.69) is 10.0 Å². The fraction of sp³-hybridized carbons (Fsp3) is 0.0769. The van der Waals surface area contributed by atoms with Crippen molar-refractivity contribution in [2.45, 2.75) is 4.90 Å². The van der Waals surface area contributed by atoms with Gasteiger partial charge in [0.1, 0.15) is 10.6 Å². The van der Waals surface area contributed by atoms with E-state index in [4.69, 9.17) is 9.47 Å². The summed E-state index contributed by atoms with van der Waals surface area (Å²) in [7, 11) is -1.12. The van der Waals surface area contributed by atoms with Gasteiger partial charge in [0, 0.05) is 16.1 Å². The maximum atomic E-state index is 13.0. The minimum atomic E-state index is -3.89. The van der Waals surface area contributed by atoms with Crippen molar-refractivity contribution in [3.63, 3.8) is 0 Å². The van der Waals surface area contributed by atoms with Crippen LogP contribution < -0.4 is 14.8 Å². The summed E-state index contributed by atoms with van der Waals surface area (Å²) in [6.07, 6.45) is 0. The lowest BCUT2D eigenvalue weighted by atomic mass is 10.1. The van der Waals surface area contributed by atoms with E-state index in [-0.39, 0.29) is 21.0 Å². The van der Waals surface area contributed by atoms with Crippen molar-refractivity contribution in [3.05, 3.63) is 95.4 Å². The molecule has 0 aliphatic carbocycles. The molecule has 0 radical (unpaired) electrons. The zero-order chi connectivity index (χ0) is 25.7. The minimum Gasteiger partial charge on any atom is -0.497 e. The van der Waals surface area contributed by atoms with Crippen LogP contribution in [0.2, 0.25) is 0 Å². The molecule has 1 amide bonds. The molecule has 0 fully saturated rings. The van der Waals surface area contributed by atoms with Crippen LogP contribution in [0.5, 0.6) is 5.75 Å². The van der Waals surface area contributed by atoms with Crippen LogP contribution in [0.25, 0.3) is 10.4 Å². The number of benzene rings is 3. The molecular formula is C26H22N2O6S2. The fourth-order valence-corrected chi connectivity index (χ4v) is 5.45. The molecule has 36 heavy (non-hydrogen) atoms. The normalized spacial score (nSPS) is 10.9. The molecule has 0 saturated heterocycles. The Morgan fingerprint density at radius 1 is 0.861 bits per heavy atom. The fourth-order valence-electron chi connectivity index (χ4n) is 3.36. The molecule has 0 bridgehead atoms. The van der Waals surface area contributed by atoms with Gasteiger partial charge >= 0.3 is 5.97 Å². The van der Waals surface area contributed by atoms with E-state index < -0.39 is 21.9 Å². The van der Waals surface area contributed by atoms with Crippen LogP contribution in [0.15, 0.2) is 89.8 Å². The first kappa shape index (κ1) is 25.0. The molecule has 10 heteroatoms. The quantitative estimate of drug-likeness (QED) is 0.305. The largest absolute Gasteiger partial charge is 0.497 e. The highest BCUT2D eigenvalue weighted by Crippen LogP contribution is 2.35. The lowest BCUT2D eigenvalue weighted by molar-refractivity contribution is 0.0607. The summed E-state index contributed by atoms with van der Waals surface area (Å²) >= 11 is 1.20. The van der Waals surface area contributed by atoms with Crippen molar-refractivity contribution in [1.82, 2.24) is 0 Å². The molecule has 184 valence electrons. The van der Waals surface area contributed by atoms with E-state index in [9.17, 15) is 18.0 Å². The lowest BCUT2D eigenvalue weighted by Crippen LogP contribution is -2.16. The summed E-state index contributed by atoms with van der Waals surface area (Å²) < 4.78 is 37.9. The van der Waals surface area contributed by atoms with E-state index in [1.54, 1.807) is 30.3 Å². The maximum Gasteiger partial charge on any atom is 0.350 e. The number of amides is 1. The van der Waals surface area contributed by atoms with Crippen LogP contribution in [-0.4, -0.2) is 34.5 Å². The SMILES string of the molecule is COC(=O)c1sc(-c2ccccc2)cc1NC(=O)c1cccc(NS(=O)(=O)c2ccc(OC)cc2)c1. The lowest BCUT2D eigenvalue weighted by Gasteiger charge is -2.10. The molecule has 0 spiro atoms. The van der Waals surface area contributed by atoms with E-state index in [0.717, 1.165) is 10.4 Å². The van der Waals surface area contributed by atoms with Crippen molar-refractivity contribution in [3.8, 4) is 16.2 Å². The highest BCUT2D eigenvalue weighted by atomic mass is 32.2. The van der Waals surface area contributed by atoms with Gasteiger partial charge in [0.25, 0.3) is 15.9 Å². The molecule has 0 aliphatic rings. The Kier molecular flexibility index (Phi) is 7.37. The van der Waals surface area contributed by atoms with Crippen molar-refractivity contribution >= 4 is 44.6 Å². The zero-order valence-corrected chi connectivity index (χ0v) is 21.0. The van der Waals surface area contributed by atoms with Gasteiger partial charge in [-0.1, -0.05) is 36.4 Å². The molecular weight excluding hydrogens is 500 g/mol. The van der Waals surface area contributed by atoms with Gasteiger partial charge in [-0.3, -0.25) is 9.52 Å². The summed E-state index contributed by atoms with van der Waals surface area (Å²) in [4.78, 5) is 26.5. The Morgan fingerprint density at radius 3 is 2.25 bits per heavy atom. The number of carbonyl (C=O) groups is 2. The third kappa shape index (κ3) is 5.56. The number of ether oxygens (including phenoxy) is 2. The van der Waals surface area contributed by atoms with Crippen LogP contribution >= 0.6 is 11.3 Å². The van der Waals surface area contributed by atoms with Gasteiger partial charge in [0.15, 0.2) is 0 Å². The van der Waals surface area contributed by atoms with Crippen molar-refractivity contribution in [2.75, 3.05) is 24.3 Å². The Morgan fingerprint density at radius 2 is 1.58 bits per heavy atom. The van der Waals surface area contributed by atoms with Gasteiger partial charge in [-0.2, -0.15) is 0 Å². The number of thiophene rings is 1. The molecule has 0 atom stereocenters. The summed E-state index contributed by atoms with van der Waals surface area (Å²) in [5.41, 5.74) is 1.61. The third-order valence-electron chi connectivity index (χ3n) is 5.16. The smallest absolute Gasteiger partial charge is 0.350 e. The molecule has 0 aliphatic heterocycles. The van der Waals surface area contributed by atoms with Crippen LogP contribution in [0.3, 0.4) is 0 Å². The number of anilines is 2. The van der Waals surface area contributed by atoms with Gasteiger partial charge in [0.05, 0.1) is 24.8 Å². The summed E-state index contributed by atoms with van der Waals surface area (Å²) in [6, 6.07) is 23.1. The third-order valence-corrected chi connectivity index (χ3v) is 7.72. The number of nitrogens with one attached hydrogen (secondary N) is 2. The first-order valence-corrected chi connectivity index (χ1v) is 13.0. The highest BCUT2D eigenvalue weighted by molar-refractivity contribution is 7.92. The standard InChI is InChI=1S/C26H22N2O6S2/c1-33-20-11-13-21(14-12-20)36(31,32)28-19-10-6-9-18(15-19)25(29)27-22-16-23(17-7-4-3-5-8-17)35-24(22)26(30)34-2/h3-16,28H,1-2H3,(H,27,29). The molecule has 8 nitrogen and oxygen atoms in total. The zero-order valence-electron chi connectivity index (χ0n) is 19.3. The first-order chi connectivity index (χ1) is 17.3. The Labute approximate surface area is 212 Å². The van der Waals surface area contributed by atoms with E-state index in [1.807, 2.05) is 30.3 Å². The number of rotatable bonds is 8. The van der Waals surface area contributed by atoms with Crippen LogP contribution in [0.1, 0.15) is 20.0 Å². The molecule has 2 N–H and O–H groups in total. The van der Waals surface area contributed by atoms with Gasteiger partial charge in [0.2, 0.25) is 0 Å². The Bertz CT molecular complexity index is 1500. The van der Waals surface area contributed by atoms with Crippen LogP contribution in [0.4, 0.5) is 11.4 Å². The molecule has 4 rings (SSSR count). The number of methoxy groups -OCH3 is 2. The van der Waals surface area contributed by atoms with Gasteiger partial charge in [-0.15, -0.1) is 11.3 Å². The number of sulfonamides is 1. The van der Waals surface area contributed by atoms with Crippen molar-refractivity contribution in [1.29, 1.82) is 0 Å². The summed E-state index contributed by atoms with van der Waals surface area (Å²) in [5.74, 6) is -0.552. The molecule has 0 unspecified atom stereocenters. The second-order valence-electron chi connectivity index (χ2n) is 7.53. The highest BCUT2D eigenvalue weighted by Gasteiger charge is 2.21. The predicted octanol–water partition coefficient (Wildman–Crippen LogP) is 5.26. The minimum absolute atomic E-state index is 0.0487. The van der Waals surface area contributed by atoms with E-state index >= 15 is 0 Å². The molecule has 3 aromatic carbocycles. The van der Waals surface area contributed by atoms with Crippen LogP contribution in [-0.2, 0) is 14.8 Å². The summed E-state index contributed by atoms with van der Waals surface area (Å²) in [5, 5.41) is 2.75. The van der Waals surface area contributed by atoms with Gasteiger partial charge < -0.3 is 14.8 Å². The molecule has 1 aromatic heterocycles. The number of hydrogen-bond donors (Lipinski definition) is 2. The second-order valence-corrected chi connectivity index (χ2v) is 10.3. The molecule has 0 saturated carbocycles. The summed E-state index contributed by atoms with van der Waals surface area (Å²) in [6.45, 7) is 0. The van der Waals surface area contributed by atoms with Gasteiger partial charge in [-0.05, 0) is 54.1 Å². The van der Waals surface area contributed by atoms with Crippen molar-refractivity contribution in [2.24, 2.45) is 0 Å². The van der Waals surface area contributed by atoms with Crippen molar-refractivity contribution < 1.29 is 27.5 Å². The number of esters is 1. The topological polar surface area (TPSA) is 111 Å². The first-order valence-electron chi connectivity index (χ1n) is 10.7.